The summed E-state index contributed by atoms with van der Waals surface area (Å²) in [5, 5.41) is 18.6. The van der Waals surface area contributed by atoms with Crippen molar-refractivity contribution < 1.29 is 9.90 Å². The molecule has 0 aliphatic carbocycles. The molecule has 1 aromatic heterocycles. The third kappa shape index (κ3) is 2.99. The number of nitrogens with one attached hydrogen (secondary N) is 1. The zero-order chi connectivity index (χ0) is 15.6. The Kier molecular flexibility index (Phi) is 4.46. The van der Waals surface area contributed by atoms with Gasteiger partial charge in [0.2, 0.25) is 5.78 Å². The SMILES string of the molecule is C=C(C#N)C(=O)c1cc2cc(N(C)CCO)c(Br)cc2[nH]1. The Bertz CT molecular complexity index is 758. The predicted octanol–water partition coefficient (Wildman–Crippen LogP) is 2.62. The van der Waals surface area contributed by atoms with E-state index in [1.807, 2.05) is 24.1 Å². The average Bonchev–Trinajstić information content (AvgIpc) is 2.87. The summed E-state index contributed by atoms with van der Waals surface area (Å²) < 4.78 is 0.853. The van der Waals surface area contributed by atoms with Crippen LogP contribution in [0.15, 0.2) is 34.8 Å². The monoisotopic (exact) mass is 347 g/mol. The summed E-state index contributed by atoms with van der Waals surface area (Å²) in [6, 6.07) is 7.23. The molecule has 1 heterocycles. The molecule has 2 N–H and O–H groups in total. The Morgan fingerprint density at radius 3 is 2.86 bits per heavy atom. The molecule has 0 radical (unpaired) electrons. The maximum Gasteiger partial charge on any atom is 0.219 e. The van der Waals surface area contributed by atoms with Crippen LogP contribution in [0.25, 0.3) is 10.9 Å². The number of hydrogen-bond acceptors (Lipinski definition) is 4. The van der Waals surface area contributed by atoms with Gasteiger partial charge in [0.1, 0.15) is 6.07 Å². The van der Waals surface area contributed by atoms with E-state index in [-0.39, 0.29) is 12.2 Å². The van der Waals surface area contributed by atoms with Crippen molar-refractivity contribution in [2.45, 2.75) is 0 Å². The highest BCUT2D eigenvalue weighted by molar-refractivity contribution is 9.10. The molecule has 0 amide bonds. The number of aliphatic hydroxyl groups is 1. The number of aromatic amines is 1. The molecule has 0 fully saturated rings. The smallest absolute Gasteiger partial charge is 0.219 e. The summed E-state index contributed by atoms with van der Waals surface area (Å²) >= 11 is 3.48. The Morgan fingerprint density at radius 1 is 1.52 bits per heavy atom. The van der Waals surface area contributed by atoms with Crippen LogP contribution in [-0.2, 0) is 0 Å². The Hall–Kier alpha value is -2.10. The molecule has 21 heavy (non-hydrogen) atoms. The molecular weight excluding hydrogens is 334 g/mol. The number of carbonyl (C=O) groups excluding carboxylic acids is 1. The van der Waals surface area contributed by atoms with Crippen molar-refractivity contribution in [3.63, 3.8) is 0 Å². The predicted molar refractivity (Wildman–Crippen MR) is 85.4 cm³/mol. The van der Waals surface area contributed by atoms with Gasteiger partial charge >= 0.3 is 0 Å². The molecule has 108 valence electrons. The number of halogens is 1. The largest absolute Gasteiger partial charge is 0.395 e. The van der Waals surface area contributed by atoms with Gasteiger partial charge in [0.15, 0.2) is 0 Å². The standard InChI is InChI=1S/C15H14BrN3O2/c1-9(8-17)15(21)13-5-10-6-14(19(2)3-4-20)11(16)7-12(10)18-13/h5-7,18,20H,1,3-4H2,2H3. The summed E-state index contributed by atoms with van der Waals surface area (Å²) in [7, 11) is 1.87. The fourth-order valence-corrected chi connectivity index (χ4v) is 2.69. The second-order valence-electron chi connectivity index (χ2n) is 4.64. The van der Waals surface area contributed by atoms with E-state index in [1.165, 1.54) is 0 Å². The number of fused-ring (bicyclic) bond motifs is 1. The number of benzene rings is 1. The molecular formula is C15H14BrN3O2. The topological polar surface area (TPSA) is 80.1 Å². The maximum absolute atomic E-state index is 11.9. The highest BCUT2D eigenvalue weighted by Gasteiger charge is 2.15. The van der Waals surface area contributed by atoms with E-state index in [0.717, 1.165) is 21.1 Å². The molecule has 0 atom stereocenters. The molecule has 0 unspecified atom stereocenters. The van der Waals surface area contributed by atoms with Gasteiger partial charge in [-0.15, -0.1) is 0 Å². The van der Waals surface area contributed by atoms with Crippen LogP contribution in [0.2, 0.25) is 0 Å². The molecule has 2 aromatic rings. The number of aromatic nitrogens is 1. The molecule has 0 bridgehead atoms. The van der Waals surface area contributed by atoms with E-state index >= 15 is 0 Å². The molecule has 0 saturated carbocycles. The number of aliphatic hydroxyl groups excluding tert-OH is 1. The van der Waals surface area contributed by atoms with E-state index < -0.39 is 5.78 Å². The molecule has 5 nitrogen and oxygen atoms in total. The number of carbonyl (C=O) groups is 1. The van der Waals surface area contributed by atoms with Crippen LogP contribution in [0.1, 0.15) is 10.5 Å². The Balaban J connectivity index is 2.47. The first-order valence-electron chi connectivity index (χ1n) is 6.26. The normalized spacial score (nSPS) is 10.4. The minimum Gasteiger partial charge on any atom is -0.395 e. The van der Waals surface area contributed by atoms with Gasteiger partial charge in [-0.3, -0.25) is 4.79 Å². The second-order valence-corrected chi connectivity index (χ2v) is 5.49. The first kappa shape index (κ1) is 15.3. The first-order valence-corrected chi connectivity index (χ1v) is 7.05. The molecule has 0 aliphatic rings. The Morgan fingerprint density at radius 2 is 2.24 bits per heavy atom. The number of rotatable bonds is 5. The number of anilines is 1. The van der Waals surface area contributed by atoms with Gasteiger partial charge in [-0.1, -0.05) is 6.58 Å². The van der Waals surface area contributed by atoms with Crippen LogP contribution in [0.3, 0.4) is 0 Å². The van der Waals surface area contributed by atoms with Crippen molar-refractivity contribution in [3.05, 3.63) is 40.5 Å². The van der Waals surface area contributed by atoms with Gasteiger partial charge in [0.05, 0.1) is 23.6 Å². The van der Waals surface area contributed by atoms with E-state index in [2.05, 4.69) is 27.5 Å². The third-order valence-electron chi connectivity index (χ3n) is 3.19. The average molecular weight is 348 g/mol. The number of allylic oxidation sites excluding steroid dienone is 1. The highest BCUT2D eigenvalue weighted by atomic mass is 79.9. The lowest BCUT2D eigenvalue weighted by Crippen LogP contribution is -2.21. The van der Waals surface area contributed by atoms with Crippen LogP contribution < -0.4 is 4.90 Å². The van der Waals surface area contributed by atoms with E-state index in [9.17, 15) is 4.79 Å². The van der Waals surface area contributed by atoms with Crippen LogP contribution in [0.5, 0.6) is 0 Å². The van der Waals surface area contributed by atoms with Crippen molar-refractivity contribution in [1.29, 1.82) is 5.26 Å². The lowest BCUT2D eigenvalue weighted by molar-refractivity contribution is 0.103. The zero-order valence-corrected chi connectivity index (χ0v) is 13.1. The van der Waals surface area contributed by atoms with Gasteiger partial charge in [-0.05, 0) is 34.1 Å². The van der Waals surface area contributed by atoms with Crippen LogP contribution >= 0.6 is 15.9 Å². The summed E-state index contributed by atoms with van der Waals surface area (Å²) in [6.45, 7) is 3.99. The van der Waals surface area contributed by atoms with E-state index in [1.54, 1.807) is 12.1 Å². The number of H-pyrrole nitrogens is 1. The minimum absolute atomic E-state index is 0.0554. The van der Waals surface area contributed by atoms with Gasteiger partial charge in [0, 0.05) is 29.0 Å². The van der Waals surface area contributed by atoms with Crippen molar-refractivity contribution in [1.82, 2.24) is 4.98 Å². The fraction of sp³-hybridized carbons (Fsp3) is 0.200. The zero-order valence-electron chi connectivity index (χ0n) is 11.5. The van der Waals surface area contributed by atoms with Crippen LogP contribution in [-0.4, -0.2) is 36.1 Å². The lowest BCUT2D eigenvalue weighted by atomic mass is 10.1. The molecule has 2 rings (SSSR count). The fourth-order valence-electron chi connectivity index (χ4n) is 2.04. The highest BCUT2D eigenvalue weighted by Crippen LogP contribution is 2.31. The summed E-state index contributed by atoms with van der Waals surface area (Å²) in [4.78, 5) is 16.8. The number of likely N-dealkylation sites (N-methyl/N-ethyl adjacent to an activating group) is 1. The molecule has 0 saturated heterocycles. The maximum atomic E-state index is 11.9. The van der Waals surface area contributed by atoms with Crippen molar-refractivity contribution >= 4 is 38.3 Å². The second kappa shape index (κ2) is 6.12. The van der Waals surface area contributed by atoms with Gasteiger partial charge < -0.3 is 15.0 Å². The quantitative estimate of drug-likeness (QED) is 0.495. The number of ketones is 1. The molecule has 0 spiro atoms. The van der Waals surface area contributed by atoms with Gasteiger partial charge in [-0.2, -0.15) is 5.26 Å². The minimum atomic E-state index is -0.407. The summed E-state index contributed by atoms with van der Waals surface area (Å²) in [6.07, 6.45) is 0. The van der Waals surface area contributed by atoms with Gasteiger partial charge in [-0.25, -0.2) is 0 Å². The van der Waals surface area contributed by atoms with Crippen molar-refractivity contribution in [2.75, 3.05) is 25.1 Å². The summed E-state index contributed by atoms with van der Waals surface area (Å²) in [5.41, 5.74) is 1.94. The number of nitriles is 1. The molecule has 1 aromatic carbocycles. The third-order valence-corrected chi connectivity index (χ3v) is 3.82. The van der Waals surface area contributed by atoms with E-state index in [0.29, 0.717) is 12.2 Å². The van der Waals surface area contributed by atoms with Crippen molar-refractivity contribution in [2.24, 2.45) is 0 Å². The molecule has 6 heteroatoms. The van der Waals surface area contributed by atoms with Gasteiger partial charge in [0.25, 0.3) is 0 Å². The molecule has 0 aliphatic heterocycles. The first-order chi connectivity index (χ1) is 9.97. The lowest BCUT2D eigenvalue weighted by Gasteiger charge is -2.19. The van der Waals surface area contributed by atoms with Crippen LogP contribution in [0.4, 0.5) is 5.69 Å². The van der Waals surface area contributed by atoms with E-state index in [4.69, 9.17) is 10.4 Å². The Labute approximate surface area is 130 Å². The number of Topliss-reactive ketones (excluding diaryl/α,β-unsaturated/α-hetero) is 1. The summed E-state index contributed by atoms with van der Waals surface area (Å²) in [5.74, 6) is -0.407. The number of nitrogens with zero attached hydrogens (tertiary/aromatic N) is 2. The number of hydrogen-bond donors (Lipinski definition) is 2. The van der Waals surface area contributed by atoms with Crippen LogP contribution in [0, 0.1) is 11.3 Å². The van der Waals surface area contributed by atoms with Crippen molar-refractivity contribution in [3.8, 4) is 6.07 Å².